The number of nitrogens with one attached hydrogen (secondary N) is 1. The maximum Gasteiger partial charge on any atom is 0.237 e. The lowest BCUT2D eigenvalue weighted by Crippen LogP contribution is -2.38. The van der Waals surface area contributed by atoms with Gasteiger partial charge in [0, 0.05) is 18.9 Å². The number of carbonyl (C=O) groups is 1. The SMILES string of the molecule is C[C@@H](N)C(=O)NCc1nccn1CCc1ccccc1. The minimum absolute atomic E-state index is 0.164. The van der Waals surface area contributed by atoms with Crippen molar-refractivity contribution in [1.29, 1.82) is 0 Å². The number of carbonyl (C=O) groups excluding carboxylic acids is 1. The first-order chi connectivity index (χ1) is 9.66. The zero-order valence-electron chi connectivity index (χ0n) is 11.6. The van der Waals surface area contributed by atoms with Crippen LogP contribution in [0.3, 0.4) is 0 Å². The van der Waals surface area contributed by atoms with Crippen LogP contribution in [0.1, 0.15) is 18.3 Å². The molecule has 0 saturated carbocycles. The Kier molecular flexibility index (Phi) is 4.90. The molecule has 5 heteroatoms. The summed E-state index contributed by atoms with van der Waals surface area (Å²) in [7, 11) is 0. The fourth-order valence-electron chi connectivity index (χ4n) is 1.93. The fourth-order valence-corrected chi connectivity index (χ4v) is 1.93. The van der Waals surface area contributed by atoms with Crippen molar-refractivity contribution in [2.24, 2.45) is 5.73 Å². The van der Waals surface area contributed by atoms with Gasteiger partial charge in [0.2, 0.25) is 5.91 Å². The van der Waals surface area contributed by atoms with Gasteiger partial charge in [-0.3, -0.25) is 4.79 Å². The van der Waals surface area contributed by atoms with Gasteiger partial charge in [0.1, 0.15) is 5.82 Å². The van der Waals surface area contributed by atoms with E-state index in [-0.39, 0.29) is 5.91 Å². The Labute approximate surface area is 118 Å². The average Bonchev–Trinajstić information content (AvgIpc) is 2.91. The number of rotatable bonds is 6. The Bertz CT molecular complexity index is 548. The summed E-state index contributed by atoms with van der Waals surface area (Å²) >= 11 is 0. The maximum atomic E-state index is 11.5. The average molecular weight is 272 g/mol. The van der Waals surface area contributed by atoms with Crippen molar-refractivity contribution >= 4 is 5.91 Å². The molecule has 1 aromatic carbocycles. The molecular formula is C15H20N4O. The number of amides is 1. The molecule has 1 heterocycles. The number of nitrogens with zero attached hydrogens (tertiary/aromatic N) is 2. The minimum Gasteiger partial charge on any atom is -0.348 e. The Hall–Kier alpha value is -2.14. The zero-order chi connectivity index (χ0) is 14.4. The van der Waals surface area contributed by atoms with Gasteiger partial charge in [-0.2, -0.15) is 0 Å². The largest absolute Gasteiger partial charge is 0.348 e. The monoisotopic (exact) mass is 272 g/mol. The van der Waals surface area contributed by atoms with E-state index in [1.807, 2.05) is 24.4 Å². The molecule has 0 unspecified atom stereocenters. The molecule has 106 valence electrons. The van der Waals surface area contributed by atoms with Gasteiger partial charge in [-0.1, -0.05) is 30.3 Å². The third-order valence-corrected chi connectivity index (χ3v) is 3.12. The van der Waals surface area contributed by atoms with E-state index in [9.17, 15) is 4.79 Å². The summed E-state index contributed by atoms with van der Waals surface area (Å²) in [5, 5.41) is 2.78. The molecule has 0 aliphatic heterocycles. The Morgan fingerprint density at radius 1 is 1.40 bits per heavy atom. The second-order valence-corrected chi connectivity index (χ2v) is 4.78. The van der Waals surface area contributed by atoms with Crippen LogP contribution in [0.5, 0.6) is 0 Å². The van der Waals surface area contributed by atoms with Crippen LogP contribution in [-0.4, -0.2) is 21.5 Å². The number of nitrogens with two attached hydrogens (primary N) is 1. The molecule has 0 spiro atoms. The van der Waals surface area contributed by atoms with Crippen molar-refractivity contribution in [3.05, 3.63) is 54.1 Å². The first kappa shape index (κ1) is 14.3. The van der Waals surface area contributed by atoms with E-state index in [0.29, 0.717) is 6.54 Å². The molecule has 0 aliphatic carbocycles. The quantitative estimate of drug-likeness (QED) is 0.826. The highest BCUT2D eigenvalue weighted by Crippen LogP contribution is 2.04. The lowest BCUT2D eigenvalue weighted by Gasteiger charge is -2.10. The maximum absolute atomic E-state index is 11.5. The summed E-state index contributed by atoms with van der Waals surface area (Å²) < 4.78 is 2.05. The zero-order valence-corrected chi connectivity index (χ0v) is 11.6. The van der Waals surface area contributed by atoms with E-state index >= 15 is 0 Å². The highest BCUT2D eigenvalue weighted by atomic mass is 16.2. The van der Waals surface area contributed by atoms with E-state index in [4.69, 9.17) is 5.73 Å². The molecule has 0 saturated heterocycles. The molecule has 0 aliphatic rings. The summed E-state index contributed by atoms with van der Waals surface area (Å²) in [6.07, 6.45) is 4.61. The molecule has 1 amide bonds. The topological polar surface area (TPSA) is 72.9 Å². The summed E-state index contributed by atoms with van der Waals surface area (Å²) in [6.45, 7) is 2.91. The number of aromatic nitrogens is 2. The van der Waals surface area contributed by atoms with Gasteiger partial charge in [0.15, 0.2) is 0 Å². The van der Waals surface area contributed by atoms with E-state index in [0.717, 1.165) is 18.8 Å². The van der Waals surface area contributed by atoms with Gasteiger partial charge in [0.05, 0.1) is 12.6 Å². The molecule has 2 rings (SSSR count). The number of hydrogen-bond acceptors (Lipinski definition) is 3. The lowest BCUT2D eigenvalue weighted by molar-refractivity contribution is -0.122. The third kappa shape index (κ3) is 3.93. The highest BCUT2D eigenvalue weighted by Gasteiger charge is 2.09. The summed E-state index contributed by atoms with van der Waals surface area (Å²) in [5.41, 5.74) is 6.79. The standard InChI is InChI=1S/C15H20N4O/c1-12(16)15(20)18-11-14-17-8-10-19(14)9-7-13-5-3-2-4-6-13/h2-6,8,10,12H,7,9,11,16H2,1H3,(H,18,20)/t12-/m1/s1. The highest BCUT2D eigenvalue weighted by molar-refractivity contribution is 5.80. The van der Waals surface area contributed by atoms with Crippen LogP contribution in [0.25, 0.3) is 0 Å². The molecule has 1 aromatic heterocycles. The van der Waals surface area contributed by atoms with Gasteiger partial charge in [0.25, 0.3) is 0 Å². The first-order valence-corrected chi connectivity index (χ1v) is 6.74. The fraction of sp³-hybridized carbons (Fsp3) is 0.333. The van der Waals surface area contributed by atoms with Crippen LogP contribution in [0, 0.1) is 0 Å². The Balaban J connectivity index is 1.90. The van der Waals surface area contributed by atoms with E-state index in [1.54, 1.807) is 13.1 Å². The molecule has 0 radical (unpaired) electrons. The second kappa shape index (κ2) is 6.86. The molecule has 0 fully saturated rings. The Morgan fingerprint density at radius 3 is 2.85 bits per heavy atom. The molecule has 1 atom stereocenters. The lowest BCUT2D eigenvalue weighted by atomic mass is 10.1. The van der Waals surface area contributed by atoms with E-state index in [1.165, 1.54) is 5.56 Å². The molecule has 3 N–H and O–H groups in total. The van der Waals surface area contributed by atoms with E-state index < -0.39 is 6.04 Å². The van der Waals surface area contributed by atoms with Gasteiger partial charge >= 0.3 is 0 Å². The minimum atomic E-state index is -0.497. The molecule has 0 bridgehead atoms. The summed E-state index contributed by atoms with van der Waals surface area (Å²) in [6, 6.07) is 9.79. The van der Waals surface area contributed by atoms with Crippen LogP contribution >= 0.6 is 0 Å². The number of imidazole rings is 1. The smallest absolute Gasteiger partial charge is 0.237 e. The number of benzene rings is 1. The van der Waals surface area contributed by atoms with Crippen LogP contribution in [0.15, 0.2) is 42.7 Å². The van der Waals surface area contributed by atoms with Gasteiger partial charge < -0.3 is 15.6 Å². The van der Waals surface area contributed by atoms with Crippen molar-refractivity contribution in [2.75, 3.05) is 0 Å². The third-order valence-electron chi connectivity index (χ3n) is 3.12. The van der Waals surface area contributed by atoms with Crippen molar-refractivity contribution < 1.29 is 4.79 Å². The van der Waals surface area contributed by atoms with Gasteiger partial charge in [-0.15, -0.1) is 0 Å². The predicted molar refractivity (Wildman–Crippen MR) is 77.9 cm³/mol. The predicted octanol–water partition coefficient (Wildman–Crippen LogP) is 1.09. The van der Waals surface area contributed by atoms with Crippen LogP contribution in [-0.2, 0) is 24.3 Å². The molecule has 2 aromatic rings. The van der Waals surface area contributed by atoms with Crippen molar-refractivity contribution in [1.82, 2.24) is 14.9 Å². The summed E-state index contributed by atoms with van der Waals surface area (Å²) in [5.74, 6) is 0.678. The molecule has 20 heavy (non-hydrogen) atoms. The first-order valence-electron chi connectivity index (χ1n) is 6.74. The van der Waals surface area contributed by atoms with Crippen LogP contribution in [0.4, 0.5) is 0 Å². The van der Waals surface area contributed by atoms with Crippen molar-refractivity contribution in [3.63, 3.8) is 0 Å². The van der Waals surface area contributed by atoms with Crippen molar-refractivity contribution in [2.45, 2.75) is 32.5 Å². The van der Waals surface area contributed by atoms with Crippen LogP contribution in [0.2, 0.25) is 0 Å². The van der Waals surface area contributed by atoms with Gasteiger partial charge in [-0.05, 0) is 18.9 Å². The molecule has 5 nitrogen and oxygen atoms in total. The number of aryl methyl sites for hydroxylation is 2. The number of hydrogen-bond donors (Lipinski definition) is 2. The molecular weight excluding hydrogens is 252 g/mol. The second-order valence-electron chi connectivity index (χ2n) is 4.78. The van der Waals surface area contributed by atoms with Gasteiger partial charge in [-0.25, -0.2) is 4.98 Å². The van der Waals surface area contributed by atoms with Crippen molar-refractivity contribution in [3.8, 4) is 0 Å². The van der Waals surface area contributed by atoms with E-state index in [2.05, 4.69) is 27.0 Å². The summed E-state index contributed by atoms with van der Waals surface area (Å²) in [4.78, 5) is 15.7. The Morgan fingerprint density at radius 2 is 2.15 bits per heavy atom. The van der Waals surface area contributed by atoms with Crippen LogP contribution < -0.4 is 11.1 Å². The normalized spacial score (nSPS) is 12.1.